The summed E-state index contributed by atoms with van der Waals surface area (Å²) < 4.78 is 6.33. The molecule has 106 valence electrons. The molecule has 1 rings (SSSR count). The molecule has 2 N–H and O–H groups in total. The van der Waals surface area contributed by atoms with E-state index in [0.717, 1.165) is 0 Å². The molecule has 1 unspecified atom stereocenters. The lowest BCUT2D eigenvalue weighted by Gasteiger charge is -2.20. The first kappa shape index (κ1) is 15.0. The van der Waals surface area contributed by atoms with Crippen molar-refractivity contribution in [2.45, 2.75) is 6.04 Å². The number of aryl methyl sites for hydroxylation is 1. The van der Waals surface area contributed by atoms with Crippen molar-refractivity contribution in [3.8, 4) is 0 Å². The van der Waals surface area contributed by atoms with Crippen LogP contribution in [0, 0.1) is 0 Å². The third-order valence-corrected chi connectivity index (χ3v) is 2.55. The van der Waals surface area contributed by atoms with E-state index in [9.17, 15) is 9.59 Å². The van der Waals surface area contributed by atoms with Gasteiger partial charge in [0, 0.05) is 39.5 Å². The summed E-state index contributed by atoms with van der Waals surface area (Å²) in [6.07, 6.45) is 2.96. The molecule has 0 radical (unpaired) electrons. The first-order valence-corrected chi connectivity index (χ1v) is 5.67. The number of carboxylic acid groups (broad SMARTS) is 1. The molecule has 0 aromatic carbocycles. The molecule has 0 aliphatic rings. The van der Waals surface area contributed by atoms with Crippen molar-refractivity contribution in [2.75, 3.05) is 27.3 Å². The number of likely N-dealkylation sites (N-methyl/N-ethyl adjacent to an activating group) is 1. The lowest BCUT2D eigenvalue weighted by molar-refractivity contribution is -0.139. The Morgan fingerprint density at radius 1 is 1.63 bits per heavy atom. The summed E-state index contributed by atoms with van der Waals surface area (Å²) in [5.41, 5.74) is 0.420. The minimum absolute atomic E-state index is 0.377. The molecule has 8 heteroatoms. The van der Waals surface area contributed by atoms with Gasteiger partial charge in [-0.1, -0.05) is 0 Å². The van der Waals surface area contributed by atoms with Crippen LogP contribution in [0.25, 0.3) is 0 Å². The number of nitrogens with zero attached hydrogens (tertiary/aromatic N) is 3. The Labute approximate surface area is 110 Å². The molecule has 2 amide bonds. The number of ether oxygens (including phenoxy) is 1. The highest BCUT2D eigenvalue weighted by molar-refractivity contribution is 5.83. The Hall–Kier alpha value is -2.09. The Bertz CT molecular complexity index is 446. The quantitative estimate of drug-likeness (QED) is 0.748. The normalized spacial score (nSPS) is 11.9. The summed E-state index contributed by atoms with van der Waals surface area (Å²) in [5, 5.41) is 15.5. The highest BCUT2D eigenvalue weighted by atomic mass is 16.5. The van der Waals surface area contributed by atoms with Crippen LogP contribution in [0.3, 0.4) is 0 Å². The van der Waals surface area contributed by atoms with E-state index in [1.807, 2.05) is 0 Å². The molecule has 0 aliphatic heterocycles. The van der Waals surface area contributed by atoms with Crippen molar-refractivity contribution in [3.05, 3.63) is 18.0 Å². The molecule has 0 saturated carbocycles. The van der Waals surface area contributed by atoms with Gasteiger partial charge in [0.2, 0.25) is 0 Å². The molecule has 1 aromatic heterocycles. The number of hydrogen-bond acceptors (Lipinski definition) is 4. The van der Waals surface area contributed by atoms with Crippen molar-refractivity contribution in [1.82, 2.24) is 20.0 Å². The van der Waals surface area contributed by atoms with Gasteiger partial charge in [0.25, 0.3) is 0 Å². The number of methoxy groups -OCH3 is 1. The van der Waals surface area contributed by atoms with Crippen LogP contribution in [-0.4, -0.2) is 59.1 Å². The zero-order chi connectivity index (χ0) is 14.4. The van der Waals surface area contributed by atoms with E-state index >= 15 is 0 Å². The summed E-state index contributed by atoms with van der Waals surface area (Å²) in [6.45, 7) is 0.760. The van der Waals surface area contributed by atoms with Gasteiger partial charge in [-0.2, -0.15) is 5.10 Å². The molecule has 0 saturated heterocycles. The second-order valence-corrected chi connectivity index (χ2v) is 4.08. The van der Waals surface area contributed by atoms with E-state index in [2.05, 4.69) is 10.4 Å². The summed E-state index contributed by atoms with van der Waals surface area (Å²) in [6, 6.07) is -1.60. The fourth-order valence-corrected chi connectivity index (χ4v) is 1.44. The van der Waals surface area contributed by atoms with E-state index in [0.29, 0.717) is 18.7 Å². The molecule has 1 atom stereocenters. The molecule has 1 heterocycles. The van der Waals surface area contributed by atoms with Crippen LogP contribution in [0.4, 0.5) is 4.79 Å². The van der Waals surface area contributed by atoms with Crippen molar-refractivity contribution in [1.29, 1.82) is 0 Å². The van der Waals surface area contributed by atoms with Crippen molar-refractivity contribution in [2.24, 2.45) is 7.05 Å². The van der Waals surface area contributed by atoms with Crippen LogP contribution in [-0.2, 0) is 16.6 Å². The smallest absolute Gasteiger partial charge is 0.331 e. The van der Waals surface area contributed by atoms with Crippen LogP contribution in [0.2, 0.25) is 0 Å². The van der Waals surface area contributed by atoms with Gasteiger partial charge in [0.05, 0.1) is 12.8 Å². The van der Waals surface area contributed by atoms with E-state index in [1.165, 1.54) is 22.9 Å². The van der Waals surface area contributed by atoms with Crippen molar-refractivity contribution in [3.63, 3.8) is 0 Å². The Kier molecular flexibility index (Phi) is 5.31. The Morgan fingerprint density at radius 2 is 2.32 bits per heavy atom. The number of carbonyl (C=O) groups excluding carboxylic acids is 1. The molecule has 8 nitrogen and oxygen atoms in total. The summed E-state index contributed by atoms with van der Waals surface area (Å²) in [4.78, 5) is 24.4. The zero-order valence-corrected chi connectivity index (χ0v) is 11.2. The second kappa shape index (κ2) is 6.74. The SMILES string of the molecule is COCCN(C)C(=O)NC(C(=O)O)c1cnn(C)c1. The lowest BCUT2D eigenvalue weighted by Crippen LogP contribution is -2.43. The largest absolute Gasteiger partial charge is 0.479 e. The van der Waals surface area contributed by atoms with Crippen molar-refractivity contribution < 1.29 is 19.4 Å². The maximum Gasteiger partial charge on any atom is 0.331 e. The highest BCUT2D eigenvalue weighted by Crippen LogP contribution is 2.12. The van der Waals surface area contributed by atoms with Gasteiger partial charge in [-0.3, -0.25) is 4.68 Å². The molecule has 0 spiro atoms. The number of urea groups is 1. The maximum absolute atomic E-state index is 11.8. The predicted molar refractivity (Wildman–Crippen MR) is 66.6 cm³/mol. The molecule has 0 aliphatic carbocycles. The fourth-order valence-electron chi connectivity index (χ4n) is 1.44. The number of hydrogen-bond donors (Lipinski definition) is 2. The van der Waals surface area contributed by atoms with Crippen LogP contribution < -0.4 is 5.32 Å². The van der Waals surface area contributed by atoms with Crippen molar-refractivity contribution >= 4 is 12.0 Å². The number of nitrogens with one attached hydrogen (secondary N) is 1. The molecular formula is C11H18N4O4. The van der Waals surface area contributed by atoms with Gasteiger partial charge in [-0.05, 0) is 0 Å². The van der Waals surface area contributed by atoms with Crippen LogP contribution >= 0.6 is 0 Å². The van der Waals surface area contributed by atoms with Gasteiger partial charge < -0.3 is 20.1 Å². The molecule has 0 bridgehead atoms. The van der Waals surface area contributed by atoms with E-state index in [4.69, 9.17) is 9.84 Å². The van der Waals surface area contributed by atoms with Gasteiger partial charge in [0.1, 0.15) is 0 Å². The molecule has 19 heavy (non-hydrogen) atoms. The van der Waals surface area contributed by atoms with E-state index < -0.39 is 18.0 Å². The maximum atomic E-state index is 11.8. The monoisotopic (exact) mass is 270 g/mol. The molecular weight excluding hydrogens is 252 g/mol. The standard InChI is InChI=1S/C11H18N4O4/c1-14(4-5-19-3)11(18)13-9(10(16)17)8-6-12-15(2)7-8/h6-7,9H,4-5H2,1-3H3,(H,13,18)(H,16,17). The van der Waals surface area contributed by atoms with Gasteiger partial charge in [0.15, 0.2) is 6.04 Å². The van der Waals surface area contributed by atoms with E-state index in [1.54, 1.807) is 20.3 Å². The third-order valence-electron chi connectivity index (χ3n) is 2.55. The number of aliphatic carboxylic acids is 1. The third kappa shape index (κ3) is 4.25. The summed E-state index contributed by atoms with van der Waals surface area (Å²) in [7, 11) is 4.77. The highest BCUT2D eigenvalue weighted by Gasteiger charge is 2.24. The van der Waals surface area contributed by atoms with Crippen LogP contribution in [0.5, 0.6) is 0 Å². The molecule has 0 fully saturated rings. The lowest BCUT2D eigenvalue weighted by atomic mass is 10.1. The van der Waals surface area contributed by atoms with Crippen LogP contribution in [0.15, 0.2) is 12.4 Å². The Balaban J connectivity index is 2.69. The van der Waals surface area contributed by atoms with Gasteiger partial charge >= 0.3 is 12.0 Å². The minimum atomic E-state index is -1.14. The average molecular weight is 270 g/mol. The van der Waals surface area contributed by atoms with Gasteiger partial charge in [-0.15, -0.1) is 0 Å². The number of rotatable bonds is 6. The second-order valence-electron chi connectivity index (χ2n) is 4.08. The summed E-state index contributed by atoms with van der Waals surface area (Å²) in [5.74, 6) is -1.14. The first-order chi connectivity index (χ1) is 8.95. The number of carboxylic acids is 1. The Morgan fingerprint density at radius 3 is 2.79 bits per heavy atom. The van der Waals surface area contributed by atoms with E-state index in [-0.39, 0.29) is 0 Å². The first-order valence-electron chi connectivity index (χ1n) is 5.67. The topological polar surface area (TPSA) is 96.7 Å². The average Bonchev–Trinajstić information content (AvgIpc) is 2.78. The number of amides is 2. The number of carbonyl (C=O) groups is 2. The summed E-state index contributed by atoms with van der Waals surface area (Å²) >= 11 is 0. The molecule has 1 aromatic rings. The minimum Gasteiger partial charge on any atom is -0.479 e. The zero-order valence-electron chi connectivity index (χ0n) is 11.2. The fraction of sp³-hybridized carbons (Fsp3) is 0.545. The predicted octanol–water partition coefficient (Wildman–Crippen LogP) is -0.166. The van der Waals surface area contributed by atoms with Crippen LogP contribution in [0.1, 0.15) is 11.6 Å². The van der Waals surface area contributed by atoms with Gasteiger partial charge in [-0.25, -0.2) is 9.59 Å². The number of aromatic nitrogens is 2.